The number of nitrogens with one attached hydrogen (secondary N) is 1. The maximum Gasteiger partial charge on any atom is 0.508 e. The molecule has 5 nitrogen and oxygen atoms in total. The summed E-state index contributed by atoms with van der Waals surface area (Å²) in [6.07, 6.45) is 5.06. The van der Waals surface area contributed by atoms with Crippen LogP contribution < -0.4 is 5.32 Å². The zero-order valence-corrected chi connectivity index (χ0v) is 20.8. The Morgan fingerprint density at radius 2 is 1.78 bits per heavy atom. The van der Waals surface area contributed by atoms with Crippen molar-refractivity contribution in [3.63, 3.8) is 0 Å². The van der Waals surface area contributed by atoms with Gasteiger partial charge in [0.05, 0.1) is 12.2 Å². The first-order chi connectivity index (χ1) is 17.0. The van der Waals surface area contributed by atoms with Gasteiger partial charge in [0.15, 0.2) is 0 Å². The first kappa shape index (κ1) is 25.2. The molecular formula is C28H34F3NO4. The molecule has 4 unspecified atom stereocenters. The highest BCUT2D eigenvalue weighted by Crippen LogP contribution is 2.65. The molecule has 4 aliphatic rings. The molecular weight excluding hydrogens is 471 g/mol. The Kier molecular flexibility index (Phi) is 6.36. The predicted molar refractivity (Wildman–Crippen MR) is 127 cm³/mol. The van der Waals surface area contributed by atoms with Crippen LogP contribution in [-0.4, -0.2) is 24.7 Å². The number of fused-ring (bicyclic) bond motifs is 5. The van der Waals surface area contributed by atoms with E-state index in [1.54, 1.807) is 6.08 Å². The Bertz CT molecular complexity index is 1040. The Morgan fingerprint density at radius 1 is 1.03 bits per heavy atom. The van der Waals surface area contributed by atoms with Crippen molar-refractivity contribution in [1.82, 2.24) is 5.32 Å². The topological polar surface area (TPSA) is 64.6 Å². The molecule has 7 atom stereocenters. The molecule has 0 spiro atoms. The highest BCUT2D eigenvalue weighted by atomic mass is 19.4. The van der Waals surface area contributed by atoms with E-state index in [1.807, 2.05) is 0 Å². The molecule has 3 saturated carbocycles. The van der Waals surface area contributed by atoms with Crippen molar-refractivity contribution in [3.05, 3.63) is 47.5 Å². The largest absolute Gasteiger partial charge is 0.508 e. The van der Waals surface area contributed by atoms with Gasteiger partial charge in [-0.25, -0.2) is 4.79 Å². The van der Waals surface area contributed by atoms with E-state index in [0.717, 1.165) is 50.7 Å². The summed E-state index contributed by atoms with van der Waals surface area (Å²) in [7, 11) is 0. The molecule has 1 amide bonds. The van der Waals surface area contributed by atoms with E-state index >= 15 is 0 Å². The first-order valence-electron chi connectivity index (χ1n) is 13.0. The van der Waals surface area contributed by atoms with Gasteiger partial charge < -0.3 is 14.8 Å². The molecule has 196 valence electrons. The number of halogens is 3. The molecule has 5 rings (SSSR count). The first-order valence-corrected chi connectivity index (χ1v) is 13.0. The summed E-state index contributed by atoms with van der Waals surface area (Å²) in [6, 6.07) is 4.77. The monoisotopic (exact) mass is 505 g/mol. The molecule has 3 aliphatic carbocycles. The average Bonchev–Trinajstić information content (AvgIpc) is 3.18. The van der Waals surface area contributed by atoms with Crippen molar-refractivity contribution < 1.29 is 32.2 Å². The molecule has 1 N–H and O–H groups in total. The van der Waals surface area contributed by atoms with Gasteiger partial charge in [0.25, 0.3) is 0 Å². The number of amides is 1. The number of ether oxygens (including phenoxy) is 2. The molecule has 8 heteroatoms. The fourth-order valence-corrected chi connectivity index (χ4v) is 7.86. The minimum Gasteiger partial charge on any atom is -0.434 e. The van der Waals surface area contributed by atoms with Crippen molar-refractivity contribution in [2.75, 3.05) is 6.61 Å². The van der Waals surface area contributed by atoms with E-state index in [2.05, 4.69) is 25.2 Å². The zero-order chi connectivity index (χ0) is 25.7. The molecule has 1 aromatic carbocycles. The summed E-state index contributed by atoms with van der Waals surface area (Å²) < 4.78 is 48.8. The lowest BCUT2D eigenvalue weighted by molar-refractivity contribution is -0.137. The summed E-state index contributed by atoms with van der Waals surface area (Å²) >= 11 is 0. The molecule has 1 aliphatic heterocycles. The van der Waals surface area contributed by atoms with Gasteiger partial charge in [0, 0.05) is 11.5 Å². The van der Waals surface area contributed by atoms with Crippen LogP contribution in [0.25, 0.3) is 0 Å². The fourth-order valence-electron chi connectivity index (χ4n) is 7.86. The van der Waals surface area contributed by atoms with Crippen molar-refractivity contribution in [3.8, 4) is 0 Å². The molecule has 0 saturated heterocycles. The summed E-state index contributed by atoms with van der Waals surface area (Å²) in [5.41, 5.74) is -0.170. The second kappa shape index (κ2) is 9.10. The molecule has 3 fully saturated rings. The van der Waals surface area contributed by atoms with Crippen LogP contribution in [0.15, 0.2) is 36.4 Å². The molecule has 0 aromatic heterocycles. The minimum atomic E-state index is -4.40. The van der Waals surface area contributed by atoms with Gasteiger partial charge in [0.2, 0.25) is 5.91 Å². The number of carbonyl (C=O) groups is 2. The Balaban J connectivity index is 1.16. The third kappa shape index (κ3) is 4.41. The fraction of sp³-hybridized carbons (Fsp3) is 0.643. The van der Waals surface area contributed by atoms with E-state index in [0.29, 0.717) is 29.9 Å². The number of benzene rings is 1. The number of alkyl halides is 3. The quantitative estimate of drug-likeness (QED) is 0.490. The van der Waals surface area contributed by atoms with Crippen LogP contribution in [0.3, 0.4) is 0 Å². The second-order valence-corrected chi connectivity index (χ2v) is 11.6. The molecule has 0 radical (unpaired) electrons. The smallest absolute Gasteiger partial charge is 0.434 e. The normalized spacial score (nSPS) is 37.4. The minimum absolute atomic E-state index is 0.00511. The van der Waals surface area contributed by atoms with E-state index < -0.39 is 17.9 Å². The number of carbonyl (C=O) groups excluding carboxylic acids is 2. The summed E-state index contributed by atoms with van der Waals surface area (Å²) in [5.74, 6) is 1.98. The van der Waals surface area contributed by atoms with Gasteiger partial charge in [-0.1, -0.05) is 32.1 Å². The van der Waals surface area contributed by atoms with Gasteiger partial charge in [-0.15, -0.1) is 0 Å². The Labute approximate surface area is 209 Å². The maximum atomic E-state index is 12.7. The zero-order valence-electron chi connectivity index (χ0n) is 20.8. The highest BCUT2D eigenvalue weighted by molar-refractivity contribution is 5.89. The molecule has 36 heavy (non-hydrogen) atoms. The van der Waals surface area contributed by atoms with Crippen LogP contribution in [0.4, 0.5) is 18.0 Å². The van der Waals surface area contributed by atoms with Gasteiger partial charge in [-0.2, -0.15) is 13.2 Å². The summed E-state index contributed by atoms with van der Waals surface area (Å²) in [6.45, 7) is 4.81. The number of rotatable bonds is 4. The van der Waals surface area contributed by atoms with Gasteiger partial charge >= 0.3 is 12.3 Å². The van der Waals surface area contributed by atoms with Crippen LogP contribution in [0.5, 0.6) is 0 Å². The van der Waals surface area contributed by atoms with Crippen molar-refractivity contribution >= 4 is 12.1 Å². The lowest BCUT2D eigenvalue weighted by Gasteiger charge is -2.58. The van der Waals surface area contributed by atoms with E-state index in [9.17, 15) is 22.8 Å². The van der Waals surface area contributed by atoms with Crippen LogP contribution in [0, 0.1) is 34.5 Å². The SMILES string of the molecule is C[C@]12C=CC(=O)NC1CCC1C2CC[C@@]2(C)C1CC[C@@H]2COC(=O)OCc1ccc(C(F)(F)F)cc1. The predicted octanol–water partition coefficient (Wildman–Crippen LogP) is 6.27. The molecule has 0 bridgehead atoms. The third-order valence-corrected chi connectivity index (χ3v) is 9.92. The van der Waals surface area contributed by atoms with Gasteiger partial charge in [-0.05, 0) is 91.4 Å². The van der Waals surface area contributed by atoms with Crippen LogP contribution in [-0.2, 0) is 27.1 Å². The Hall–Kier alpha value is -2.51. The Morgan fingerprint density at radius 3 is 2.50 bits per heavy atom. The third-order valence-electron chi connectivity index (χ3n) is 9.92. The van der Waals surface area contributed by atoms with Crippen molar-refractivity contribution in [2.24, 2.45) is 34.5 Å². The number of hydrogen-bond donors (Lipinski definition) is 1. The summed E-state index contributed by atoms with van der Waals surface area (Å²) in [5, 5.41) is 3.19. The second-order valence-electron chi connectivity index (χ2n) is 11.6. The van der Waals surface area contributed by atoms with Crippen LogP contribution in [0.2, 0.25) is 0 Å². The van der Waals surface area contributed by atoms with Crippen LogP contribution >= 0.6 is 0 Å². The van der Waals surface area contributed by atoms with Gasteiger partial charge in [-0.3, -0.25) is 4.79 Å². The average molecular weight is 506 g/mol. The van der Waals surface area contributed by atoms with E-state index in [4.69, 9.17) is 9.47 Å². The molecule has 1 aromatic rings. The highest BCUT2D eigenvalue weighted by Gasteiger charge is 2.59. The maximum absolute atomic E-state index is 12.7. The van der Waals surface area contributed by atoms with Crippen LogP contribution in [0.1, 0.15) is 63.5 Å². The van der Waals surface area contributed by atoms with Gasteiger partial charge in [0.1, 0.15) is 6.61 Å². The van der Waals surface area contributed by atoms with Crippen molar-refractivity contribution in [2.45, 2.75) is 71.2 Å². The van der Waals surface area contributed by atoms with E-state index in [1.165, 1.54) is 12.1 Å². The molecule has 1 heterocycles. The lowest BCUT2D eigenvalue weighted by atomic mass is 9.48. The van der Waals surface area contributed by atoms with E-state index in [-0.39, 0.29) is 35.3 Å². The number of hydrogen-bond acceptors (Lipinski definition) is 4. The standard InChI is InChI=1S/C28H34F3NO4/c1-26-13-11-22-20(8-10-23-27(22,2)14-12-24(33)32-23)21(26)9-7-19(26)16-36-25(34)35-15-17-3-5-18(6-4-17)28(29,30)31/h3-6,12,14,19-23H,7-11,13,15-16H2,1-2H3,(H,32,33)/t19-,20?,21?,22?,23?,26-,27-/m1/s1. The summed E-state index contributed by atoms with van der Waals surface area (Å²) in [4.78, 5) is 24.2. The lowest BCUT2D eigenvalue weighted by Crippen LogP contribution is -2.59. The van der Waals surface area contributed by atoms with Crippen molar-refractivity contribution in [1.29, 1.82) is 0 Å².